The van der Waals surface area contributed by atoms with Gasteiger partial charge in [0, 0.05) is 6.54 Å². The Morgan fingerprint density at radius 2 is 1.32 bits per heavy atom. The first-order valence-corrected chi connectivity index (χ1v) is 9.65. The Hall–Kier alpha value is -0.730. The van der Waals surface area contributed by atoms with Gasteiger partial charge < -0.3 is 10.1 Å². The molecule has 0 aromatic heterocycles. The van der Waals surface area contributed by atoms with Crippen LogP contribution in [0.3, 0.4) is 0 Å². The molecule has 132 valence electrons. The second-order valence-corrected chi connectivity index (χ2v) is 6.37. The molecule has 3 nitrogen and oxygen atoms in total. The third-order valence-corrected chi connectivity index (χ3v) is 4.24. The fourth-order valence-electron chi connectivity index (χ4n) is 2.83. The zero-order valence-corrected chi connectivity index (χ0v) is 15.3. The van der Waals surface area contributed by atoms with Gasteiger partial charge >= 0.3 is 6.09 Å². The van der Waals surface area contributed by atoms with Gasteiger partial charge in [-0.05, 0) is 25.7 Å². The maximum absolute atomic E-state index is 11.4. The summed E-state index contributed by atoms with van der Waals surface area (Å²) in [5.74, 6) is 0.618. The second-order valence-electron chi connectivity index (χ2n) is 6.37. The van der Waals surface area contributed by atoms with Crippen molar-refractivity contribution in [1.82, 2.24) is 5.32 Å². The molecular formula is C19H39NO2. The lowest BCUT2D eigenvalue weighted by Crippen LogP contribution is -2.30. The average molecular weight is 314 g/mol. The van der Waals surface area contributed by atoms with Gasteiger partial charge in [0.05, 0.1) is 6.61 Å². The predicted octanol–water partition coefficient (Wildman–Crippen LogP) is 6.07. The summed E-state index contributed by atoms with van der Waals surface area (Å²) in [5, 5.41) is 2.92. The van der Waals surface area contributed by atoms with E-state index in [0.29, 0.717) is 12.5 Å². The van der Waals surface area contributed by atoms with Gasteiger partial charge in [0.25, 0.3) is 0 Å². The van der Waals surface area contributed by atoms with Crippen molar-refractivity contribution in [2.45, 2.75) is 97.8 Å². The minimum atomic E-state index is -0.260. The summed E-state index contributed by atoms with van der Waals surface area (Å²) in [4.78, 5) is 11.4. The van der Waals surface area contributed by atoms with Crippen LogP contribution in [0.4, 0.5) is 4.79 Å². The summed E-state index contributed by atoms with van der Waals surface area (Å²) in [6.07, 6.45) is 15.5. The standard InChI is InChI=1S/C19H39NO2/c1-4-7-9-11-12-14-16-18(15-13-10-8-5-2)17-20-19(21)22-6-3/h18H,4-17H2,1-3H3,(H,20,21). The Morgan fingerprint density at radius 3 is 1.86 bits per heavy atom. The highest BCUT2D eigenvalue weighted by Gasteiger charge is 2.10. The SMILES string of the molecule is CCCCCCCCC(CCCCCC)CNC(=O)OCC. The summed E-state index contributed by atoms with van der Waals surface area (Å²) < 4.78 is 4.96. The van der Waals surface area contributed by atoms with E-state index in [4.69, 9.17) is 4.74 Å². The van der Waals surface area contributed by atoms with Crippen molar-refractivity contribution in [3.63, 3.8) is 0 Å². The van der Waals surface area contributed by atoms with Crippen molar-refractivity contribution >= 4 is 6.09 Å². The summed E-state index contributed by atoms with van der Waals surface area (Å²) in [7, 11) is 0. The van der Waals surface area contributed by atoms with Gasteiger partial charge in [-0.1, -0.05) is 78.1 Å². The molecule has 3 heteroatoms. The fraction of sp³-hybridized carbons (Fsp3) is 0.947. The van der Waals surface area contributed by atoms with Crippen molar-refractivity contribution in [3.8, 4) is 0 Å². The van der Waals surface area contributed by atoms with Gasteiger partial charge in [-0.15, -0.1) is 0 Å². The highest BCUT2D eigenvalue weighted by molar-refractivity contribution is 5.66. The number of unbranched alkanes of at least 4 members (excludes halogenated alkanes) is 8. The van der Waals surface area contributed by atoms with Crippen LogP contribution in [0.15, 0.2) is 0 Å². The molecule has 0 heterocycles. The van der Waals surface area contributed by atoms with Gasteiger partial charge in [-0.3, -0.25) is 0 Å². The number of carbonyl (C=O) groups excluding carboxylic acids is 1. The van der Waals surface area contributed by atoms with Crippen molar-refractivity contribution in [3.05, 3.63) is 0 Å². The number of amides is 1. The maximum atomic E-state index is 11.4. The molecule has 0 spiro atoms. The minimum absolute atomic E-state index is 0.260. The molecule has 0 aliphatic carbocycles. The quantitative estimate of drug-likeness (QED) is 0.373. The van der Waals surface area contributed by atoms with Crippen molar-refractivity contribution in [2.75, 3.05) is 13.2 Å². The topological polar surface area (TPSA) is 38.3 Å². The van der Waals surface area contributed by atoms with E-state index in [1.54, 1.807) is 0 Å². The third-order valence-electron chi connectivity index (χ3n) is 4.24. The monoisotopic (exact) mass is 313 g/mol. The summed E-state index contributed by atoms with van der Waals surface area (Å²) in [5.41, 5.74) is 0. The molecule has 0 aromatic rings. The van der Waals surface area contributed by atoms with Gasteiger partial charge in [0.15, 0.2) is 0 Å². The molecule has 0 bridgehead atoms. The van der Waals surface area contributed by atoms with Crippen LogP contribution < -0.4 is 5.32 Å². The normalized spacial score (nSPS) is 12.1. The third kappa shape index (κ3) is 14.2. The van der Waals surface area contributed by atoms with E-state index in [1.165, 1.54) is 77.0 Å². The lowest BCUT2D eigenvalue weighted by molar-refractivity contribution is 0.149. The zero-order valence-electron chi connectivity index (χ0n) is 15.3. The van der Waals surface area contributed by atoms with Crippen LogP contribution in [-0.2, 0) is 4.74 Å². The molecule has 22 heavy (non-hydrogen) atoms. The number of ether oxygens (including phenoxy) is 1. The van der Waals surface area contributed by atoms with Crippen LogP contribution in [0.5, 0.6) is 0 Å². The number of nitrogens with one attached hydrogen (secondary N) is 1. The number of rotatable bonds is 15. The van der Waals surface area contributed by atoms with Crippen LogP contribution in [0, 0.1) is 5.92 Å². The molecule has 0 aromatic carbocycles. The summed E-state index contributed by atoms with van der Waals surface area (Å²) in [6, 6.07) is 0. The first kappa shape index (κ1) is 21.3. The van der Waals surface area contributed by atoms with E-state index in [2.05, 4.69) is 19.2 Å². The molecule has 0 radical (unpaired) electrons. The fourth-order valence-corrected chi connectivity index (χ4v) is 2.83. The van der Waals surface area contributed by atoms with Crippen molar-refractivity contribution in [1.29, 1.82) is 0 Å². The van der Waals surface area contributed by atoms with Crippen molar-refractivity contribution in [2.24, 2.45) is 5.92 Å². The Morgan fingerprint density at radius 1 is 0.818 bits per heavy atom. The predicted molar refractivity (Wildman–Crippen MR) is 95.3 cm³/mol. The van der Waals surface area contributed by atoms with Gasteiger partial charge in [-0.25, -0.2) is 4.79 Å². The summed E-state index contributed by atoms with van der Waals surface area (Å²) >= 11 is 0. The first-order chi connectivity index (χ1) is 10.7. The molecule has 0 saturated heterocycles. The summed E-state index contributed by atoms with van der Waals surface area (Å²) in [6.45, 7) is 7.58. The van der Waals surface area contributed by atoms with E-state index in [0.717, 1.165) is 6.54 Å². The first-order valence-electron chi connectivity index (χ1n) is 9.65. The number of hydrogen-bond acceptors (Lipinski definition) is 2. The molecule has 1 amide bonds. The van der Waals surface area contributed by atoms with E-state index < -0.39 is 0 Å². The van der Waals surface area contributed by atoms with Crippen LogP contribution in [0.1, 0.15) is 97.8 Å². The maximum Gasteiger partial charge on any atom is 0.407 e. The highest BCUT2D eigenvalue weighted by atomic mass is 16.5. The van der Waals surface area contributed by atoms with E-state index in [1.807, 2.05) is 6.92 Å². The van der Waals surface area contributed by atoms with Gasteiger partial charge in [0.1, 0.15) is 0 Å². The molecular weight excluding hydrogens is 274 g/mol. The molecule has 1 N–H and O–H groups in total. The Kier molecular flexibility index (Phi) is 16.1. The Balaban J connectivity index is 3.86. The zero-order chi connectivity index (χ0) is 16.5. The van der Waals surface area contributed by atoms with Crippen LogP contribution in [-0.4, -0.2) is 19.2 Å². The van der Waals surface area contributed by atoms with Crippen molar-refractivity contribution < 1.29 is 9.53 Å². The molecule has 0 fully saturated rings. The lowest BCUT2D eigenvalue weighted by Gasteiger charge is -2.17. The minimum Gasteiger partial charge on any atom is -0.450 e. The smallest absolute Gasteiger partial charge is 0.407 e. The van der Waals surface area contributed by atoms with Crippen LogP contribution >= 0.6 is 0 Å². The second kappa shape index (κ2) is 16.6. The van der Waals surface area contributed by atoms with Gasteiger partial charge in [-0.2, -0.15) is 0 Å². The van der Waals surface area contributed by atoms with E-state index >= 15 is 0 Å². The van der Waals surface area contributed by atoms with Crippen LogP contribution in [0.25, 0.3) is 0 Å². The number of hydrogen-bond donors (Lipinski definition) is 1. The highest BCUT2D eigenvalue weighted by Crippen LogP contribution is 2.18. The Bertz CT molecular complexity index is 244. The molecule has 0 rings (SSSR count). The molecule has 1 atom stereocenters. The van der Waals surface area contributed by atoms with Gasteiger partial charge in [0.2, 0.25) is 0 Å². The molecule has 0 saturated carbocycles. The Labute approximate surface area is 138 Å². The largest absolute Gasteiger partial charge is 0.450 e. The van der Waals surface area contributed by atoms with E-state index in [-0.39, 0.29) is 6.09 Å². The molecule has 0 aliphatic rings. The molecule has 0 aliphatic heterocycles. The molecule has 1 unspecified atom stereocenters. The van der Waals surface area contributed by atoms with Crippen LogP contribution in [0.2, 0.25) is 0 Å². The number of carbonyl (C=O) groups is 1. The van der Waals surface area contributed by atoms with E-state index in [9.17, 15) is 4.79 Å². The number of alkyl carbamates (subject to hydrolysis) is 1. The lowest BCUT2D eigenvalue weighted by atomic mass is 9.94. The average Bonchev–Trinajstić information content (AvgIpc) is 2.51.